The maximum absolute atomic E-state index is 12.1. The second-order valence-electron chi connectivity index (χ2n) is 5.48. The fourth-order valence-electron chi connectivity index (χ4n) is 2.22. The number of hydrazone groups is 1. The summed E-state index contributed by atoms with van der Waals surface area (Å²) in [5, 5.41) is 6.27. The van der Waals surface area contributed by atoms with Crippen molar-refractivity contribution in [2.75, 3.05) is 7.11 Å². The molecule has 0 unspecified atom stereocenters. The van der Waals surface area contributed by atoms with Gasteiger partial charge in [0.05, 0.1) is 13.3 Å². The van der Waals surface area contributed by atoms with E-state index >= 15 is 0 Å². The van der Waals surface area contributed by atoms with Crippen LogP contribution in [0.4, 0.5) is 0 Å². The summed E-state index contributed by atoms with van der Waals surface area (Å²) < 4.78 is 10.6. The Morgan fingerprint density at radius 1 is 1.11 bits per heavy atom. The molecule has 0 aliphatic carbocycles. The number of esters is 1. The van der Waals surface area contributed by atoms with Crippen LogP contribution < -0.4 is 14.9 Å². The molecule has 6 nitrogen and oxygen atoms in total. The van der Waals surface area contributed by atoms with Crippen molar-refractivity contribution in [3.05, 3.63) is 81.0 Å². The van der Waals surface area contributed by atoms with Crippen LogP contribution >= 0.6 is 22.9 Å². The van der Waals surface area contributed by atoms with Gasteiger partial charge in [-0.25, -0.2) is 10.2 Å². The topological polar surface area (TPSA) is 77.0 Å². The van der Waals surface area contributed by atoms with Crippen molar-refractivity contribution in [2.24, 2.45) is 5.10 Å². The Bertz CT molecular complexity index is 1000. The maximum atomic E-state index is 12.1. The molecule has 1 heterocycles. The summed E-state index contributed by atoms with van der Waals surface area (Å²) in [4.78, 5) is 24.6. The molecule has 0 atom stereocenters. The number of thiophene rings is 1. The minimum atomic E-state index is -0.454. The molecule has 28 heavy (non-hydrogen) atoms. The van der Waals surface area contributed by atoms with E-state index in [1.54, 1.807) is 60.0 Å². The zero-order chi connectivity index (χ0) is 19.9. The van der Waals surface area contributed by atoms with Crippen LogP contribution in [0, 0.1) is 0 Å². The number of ether oxygens (including phenoxy) is 2. The van der Waals surface area contributed by atoms with Crippen molar-refractivity contribution in [1.29, 1.82) is 0 Å². The van der Waals surface area contributed by atoms with Crippen LogP contribution in [0.5, 0.6) is 11.5 Å². The Labute approximate surface area is 170 Å². The number of carbonyl (C=O) groups is 2. The van der Waals surface area contributed by atoms with Crippen LogP contribution in [0.15, 0.2) is 65.1 Å². The number of methoxy groups -OCH3 is 1. The first kappa shape index (κ1) is 19.6. The predicted molar refractivity (Wildman–Crippen MR) is 109 cm³/mol. The Kier molecular flexibility index (Phi) is 6.41. The molecular weight excluding hydrogens is 400 g/mol. The molecule has 0 aliphatic heterocycles. The molecule has 1 aromatic heterocycles. The Morgan fingerprint density at radius 2 is 1.89 bits per heavy atom. The predicted octanol–water partition coefficient (Wildman–Crippen LogP) is 4.39. The monoisotopic (exact) mass is 414 g/mol. The molecule has 8 heteroatoms. The summed E-state index contributed by atoms with van der Waals surface area (Å²) in [7, 11) is 1.47. The van der Waals surface area contributed by atoms with Gasteiger partial charge in [-0.05, 0) is 59.5 Å². The highest BCUT2D eigenvalue weighted by Gasteiger charge is 2.13. The second kappa shape index (κ2) is 9.16. The highest BCUT2D eigenvalue weighted by molar-refractivity contribution is 7.12. The van der Waals surface area contributed by atoms with Crippen molar-refractivity contribution in [1.82, 2.24) is 5.43 Å². The van der Waals surface area contributed by atoms with Crippen LogP contribution in [0.3, 0.4) is 0 Å². The van der Waals surface area contributed by atoms with E-state index in [2.05, 4.69) is 10.5 Å². The van der Waals surface area contributed by atoms with E-state index in [1.165, 1.54) is 24.7 Å². The van der Waals surface area contributed by atoms with Crippen molar-refractivity contribution >= 4 is 41.0 Å². The van der Waals surface area contributed by atoms with Crippen LogP contribution in [0.1, 0.15) is 25.6 Å². The quantitative estimate of drug-likeness (QED) is 0.281. The van der Waals surface area contributed by atoms with Gasteiger partial charge in [0.1, 0.15) is 4.88 Å². The van der Waals surface area contributed by atoms with E-state index < -0.39 is 5.97 Å². The third kappa shape index (κ3) is 4.97. The average molecular weight is 415 g/mol. The fraction of sp³-hybridized carbons (Fsp3) is 0.0500. The second-order valence-corrected chi connectivity index (χ2v) is 6.87. The molecular formula is C20H15ClN2O4S. The van der Waals surface area contributed by atoms with Gasteiger partial charge >= 0.3 is 5.97 Å². The molecule has 0 spiro atoms. The lowest BCUT2D eigenvalue weighted by Gasteiger charge is -2.09. The average Bonchev–Trinajstić information content (AvgIpc) is 3.24. The van der Waals surface area contributed by atoms with E-state index in [4.69, 9.17) is 21.1 Å². The third-order valence-electron chi connectivity index (χ3n) is 3.60. The van der Waals surface area contributed by atoms with E-state index in [1.807, 2.05) is 0 Å². The van der Waals surface area contributed by atoms with Crippen molar-refractivity contribution < 1.29 is 19.1 Å². The summed E-state index contributed by atoms with van der Waals surface area (Å²) in [6.45, 7) is 0. The van der Waals surface area contributed by atoms with Gasteiger partial charge in [0.25, 0.3) is 5.91 Å². The van der Waals surface area contributed by atoms with Gasteiger partial charge in [0.15, 0.2) is 11.5 Å². The zero-order valence-corrected chi connectivity index (χ0v) is 16.3. The number of rotatable bonds is 6. The smallest absolute Gasteiger partial charge is 0.353 e. The summed E-state index contributed by atoms with van der Waals surface area (Å²) in [6.07, 6.45) is 1.46. The molecule has 0 radical (unpaired) electrons. The Balaban J connectivity index is 1.66. The normalized spacial score (nSPS) is 10.6. The molecule has 1 N–H and O–H groups in total. The van der Waals surface area contributed by atoms with E-state index in [9.17, 15) is 9.59 Å². The number of nitrogens with one attached hydrogen (secondary N) is 1. The summed E-state index contributed by atoms with van der Waals surface area (Å²) in [6, 6.07) is 14.9. The summed E-state index contributed by atoms with van der Waals surface area (Å²) in [5.41, 5.74) is 3.53. The van der Waals surface area contributed by atoms with Crippen molar-refractivity contribution in [2.45, 2.75) is 0 Å². The maximum Gasteiger partial charge on any atom is 0.353 e. The van der Waals surface area contributed by atoms with Crippen molar-refractivity contribution in [3.8, 4) is 11.5 Å². The number of hydrogen-bond donors (Lipinski definition) is 1. The highest BCUT2D eigenvalue weighted by Crippen LogP contribution is 2.28. The Hall–Kier alpha value is -3.16. The number of hydrogen-bond acceptors (Lipinski definition) is 6. The van der Waals surface area contributed by atoms with E-state index in [0.29, 0.717) is 32.5 Å². The van der Waals surface area contributed by atoms with Crippen LogP contribution in [-0.4, -0.2) is 25.2 Å². The molecule has 1 amide bonds. The third-order valence-corrected chi connectivity index (χ3v) is 4.70. The molecule has 2 aromatic carbocycles. The lowest BCUT2D eigenvalue weighted by atomic mass is 10.2. The number of nitrogens with zero attached hydrogens (tertiary/aromatic N) is 1. The van der Waals surface area contributed by atoms with Gasteiger partial charge in [0, 0.05) is 10.6 Å². The largest absolute Gasteiger partial charge is 0.493 e. The fourth-order valence-corrected chi connectivity index (χ4v) is 2.95. The number of carbonyl (C=O) groups excluding carboxylic acids is 2. The van der Waals surface area contributed by atoms with Crippen molar-refractivity contribution in [3.63, 3.8) is 0 Å². The SMILES string of the molecule is COc1cc(/C=N\NC(=O)c2ccc(Cl)cc2)ccc1OC(=O)c1cccs1. The number of amides is 1. The number of benzene rings is 2. The first-order valence-corrected chi connectivity index (χ1v) is 9.35. The molecule has 0 saturated carbocycles. The lowest BCUT2D eigenvalue weighted by molar-refractivity contribution is 0.0734. The molecule has 3 aromatic rings. The lowest BCUT2D eigenvalue weighted by Crippen LogP contribution is -2.17. The van der Waals surface area contributed by atoms with Crippen LogP contribution in [-0.2, 0) is 0 Å². The first-order valence-electron chi connectivity index (χ1n) is 8.09. The van der Waals surface area contributed by atoms with Gasteiger partial charge in [-0.15, -0.1) is 11.3 Å². The minimum Gasteiger partial charge on any atom is -0.493 e. The molecule has 3 rings (SSSR count). The molecule has 142 valence electrons. The van der Waals surface area contributed by atoms with Crippen LogP contribution in [0.25, 0.3) is 0 Å². The van der Waals surface area contributed by atoms with Gasteiger partial charge in [-0.3, -0.25) is 4.79 Å². The Morgan fingerprint density at radius 3 is 2.57 bits per heavy atom. The molecule has 0 fully saturated rings. The number of halogens is 1. The molecule has 0 aliphatic rings. The standard InChI is InChI=1S/C20H15ClN2O4S/c1-26-17-11-13(4-9-16(17)27-20(25)18-3-2-10-28-18)12-22-23-19(24)14-5-7-15(21)8-6-14/h2-12H,1H3,(H,23,24)/b22-12-. The van der Waals surface area contributed by atoms with Gasteiger partial charge in [-0.1, -0.05) is 17.7 Å². The minimum absolute atomic E-state index is 0.295. The van der Waals surface area contributed by atoms with Gasteiger partial charge in [0.2, 0.25) is 0 Å². The zero-order valence-electron chi connectivity index (χ0n) is 14.7. The highest BCUT2D eigenvalue weighted by atomic mass is 35.5. The summed E-state index contributed by atoms with van der Waals surface area (Å²) in [5.74, 6) is -0.146. The molecule has 0 saturated heterocycles. The molecule has 0 bridgehead atoms. The first-order chi connectivity index (χ1) is 13.6. The van der Waals surface area contributed by atoms with Crippen LogP contribution in [0.2, 0.25) is 5.02 Å². The van der Waals surface area contributed by atoms with E-state index in [-0.39, 0.29) is 5.91 Å². The summed E-state index contributed by atoms with van der Waals surface area (Å²) >= 11 is 7.09. The van der Waals surface area contributed by atoms with Gasteiger partial charge in [-0.2, -0.15) is 5.10 Å². The van der Waals surface area contributed by atoms with E-state index in [0.717, 1.165) is 0 Å². The van der Waals surface area contributed by atoms with Gasteiger partial charge < -0.3 is 9.47 Å².